The fraction of sp³-hybridized carbons (Fsp3) is 0.0952. The number of methoxy groups -OCH3 is 1. The number of rotatable bonds is 6. The van der Waals surface area contributed by atoms with Crippen LogP contribution in [0.4, 0.5) is 4.39 Å². The normalized spacial score (nSPS) is 10.4. The van der Waals surface area contributed by atoms with Gasteiger partial charge in [0.05, 0.1) is 7.11 Å². The lowest BCUT2D eigenvalue weighted by Gasteiger charge is -2.09. The fourth-order valence-electron chi connectivity index (χ4n) is 2.44. The molecule has 26 heavy (non-hydrogen) atoms. The van der Waals surface area contributed by atoms with E-state index < -0.39 is 5.82 Å². The second kappa shape index (κ2) is 8.02. The Morgan fingerprint density at radius 2 is 1.58 bits per heavy atom. The molecule has 0 unspecified atom stereocenters. The lowest BCUT2D eigenvalue weighted by Crippen LogP contribution is -2.01. The molecule has 0 bridgehead atoms. The molecule has 3 aromatic carbocycles. The largest absolute Gasteiger partial charge is 0.494 e. The number of hydrogen-bond donors (Lipinski definition) is 0. The van der Waals surface area contributed by atoms with Gasteiger partial charge in [0.15, 0.2) is 17.3 Å². The number of carbonyl (C=O) groups is 1. The standard InChI is InChI=1S/C21H16ClFO3/c1-25-20-11-2-14(12-19(20)23)13-26-18-9-5-16(6-10-18)21(24)15-3-7-17(22)8-4-15/h2-12H,13H2,1H3. The summed E-state index contributed by atoms with van der Waals surface area (Å²) >= 11 is 5.84. The van der Waals surface area contributed by atoms with E-state index >= 15 is 0 Å². The molecule has 0 aliphatic rings. The van der Waals surface area contributed by atoms with Crippen LogP contribution >= 0.6 is 11.6 Å². The third kappa shape index (κ3) is 4.21. The number of carbonyl (C=O) groups excluding carboxylic acids is 1. The van der Waals surface area contributed by atoms with Gasteiger partial charge < -0.3 is 9.47 Å². The summed E-state index contributed by atoms with van der Waals surface area (Å²) in [5, 5.41) is 0.584. The molecule has 5 heteroatoms. The summed E-state index contributed by atoms with van der Waals surface area (Å²) < 4.78 is 24.2. The summed E-state index contributed by atoms with van der Waals surface area (Å²) in [6, 6.07) is 18.2. The van der Waals surface area contributed by atoms with Crippen LogP contribution < -0.4 is 9.47 Å². The second-order valence-electron chi connectivity index (χ2n) is 5.62. The summed E-state index contributed by atoms with van der Waals surface area (Å²) in [6.45, 7) is 0.214. The van der Waals surface area contributed by atoms with Gasteiger partial charge in [0.1, 0.15) is 12.4 Å². The molecule has 0 atom stereocenters. The van der Waals surface area contributed by atoms with Gasteiger partial charge in [-0.05, 0) is 66.2 Å². The van der Waals surface area contributed by atoms with E-state index in [1.807, 2.05) is 0 Å². The molecular formula is C21H16ClFO3. The van der Waals surface area contributed by atoms with Crippen molar-refractivity contribution in [2.24, 2.45) is 0 Å². The molecule has 0 radical (unpaired) electrons. The first-order valence-corrected chi connectivity index (χ1v) is 8.30. The predicted octanol–water partition coefficient (Wildman–Crippen LogP) is 5.30. The zero-order valence-corrected chi connectivity index (χ0v) is 14.8. The van der Waals surface area contributed by atoms with E-state index in [1.54, 1.807) is 60.7 Å². The Bertz CT molecular complexity index is 906. The summed E-state index contributed by atoms with van der Waals surface area (Å²) in [7, 11) is 1.42. The highest BCUT2D eigenvalue weighted by molar-refractivity contribution is 6.30. The summed E-state index contributed by atoms with van der Waals surface area (Å²) in [5.74, 6) is 0.260. The van der Waals surface area contributed by atoms with Crippen molar-refractivity contribution in [1.82, 2.24) is 0 Å². The van der Waals surface area contributed by atoms with Gasteiger partial charge in [-0.15, -0.1) is 0 Å². The van der Waals surface area contributed by atoms with Crippen molar-refractivity contribution in [2.75, 3.05) is 7.11 Å². The zero-order valence-electron chi connectivity index (χ0n) is 14.0. The van der Waals surface area contributed by atoms with Gasteiger partial charge in [-0.3, -0.25) is 4.79 Å². The Morgan fingerprint density at radius 3 is 2.15 bits per heavy atom. The molecule has 0 spiro atoms. The van der Waals surface area contributed by atoms with Crippen LogP contribution in [0.1, 0.15) is 21.5 Å². The Balaban J connectivity index is 1.65. The van der Waals surface area contributed by atoms with Crippen molar-refractivity contribution >= 4 is 17.4 Å². The highest BCUT2D eigenvalue weighted by atomic mass is 35.5. The maximum absolute atomic E-state index is 13.7. The van der Waals surface area contributed by atoms with Crippen LogP contribution in [0, 0.1) is 5.82 Å². The third-order valence-electron chi connectivity index (χ3n) is 3.84. The molecule has 0 saturated carbocycles. The van der Waals surface area contributed by atoms with Crippen molar-refractivity contribution in [1.29, 1.82) is 0 Å². The third-order valence-corrected chi connectivity index (χ3v) is 4.10. The minimum atomic E-state index is -0.433. The quantitative estimate of drug-likeness (QED) is 0.552. The van der Waals surface area contributed by atoms with Crippen LogP contribution in [0.3, 0.4) is 0 Å². The highest BCUT2D eigenvalue weighted by Crippen LogP contribution is 2.21. The molecule has 132 valence electrons. The maximum Gasteiger partial charge on any atom is 0.193 e. The van der Waals surface area contributed by atoms with Crippen molar-refractivity contribution in [2.45, 2.75) is 6.61 Å². The van der Waals surface area contributed by atoms with E-state index in [2.05, 4.69) is 0 Å². The summed E-state index contributed by atoms with van der Waals surface area (Å²) in [5.41, 5.74) is 1.80. The van der Waals surface area contributed by atoms with Gasteiger partial charge in [-0.25, -0.2) is 4.39 Å². The van der Waals surface area contributed by atoms with E-state index in [9.17, 15) is 9.18 Å². The van der Waals surface area contributed by atoms with Crippen LogP contribution in [0.2, 0.25) is 5.02 Å². The first-order valence-electron chi connectivity index (χ1n) is 7.92. The first kappa shape index (κ1) is 18.0. The van der Waals surface area contributed by atoms with Crippen molar-refractivity contribution < 1.29 is 18.7 Å². The molecule has 0 N–H and O–H groups in total. The van der Waals surface area contributed by atoms with Gasteiger partial charge in [-0.2, -0.15) is 0 Å². The Morgan fingerprint density at radius 1 is 0.962 bits per heavy atom. The van der Waals surface area contributed by atoms with E-state index in [1.165, 1.54) is 13.2 Å². The van der Waals surface area contributed by atoms with Gasteiger partial charge in [0.2, 0.25) is 0 Å². The summed E-state index contributed by atoms with van der Waals surface area (Å²) in [4.78, 5) is 12.4. The lowest BCUT2D eigenvalue weighted by molar-refractivity contribution is 0.103. The second-order valence-corrected chi connectivity index (χ2v) is 6.05. The van der Waals surface area contributed by atoms with Crippen molar-refractivity contribution in [3.63, 3.8) is 0 Å². The van der Waals surface area contributed by atoms with Crippen LogP contribution in [-0.2, 0) is 6.61 Å². The predicted molar refractivity (Wildman–Crippen MR) is 98.6 cm³/mol. The molecule has 3 rings (SSSR count). The zero-order chi connectivity index (χ0) is 18.5. The molecular weight excluding hydrogens is 355 g/mol. The molecule has 0 amide bonds. The SMILES string of the molecule is COc1ccc(COc2ccc(C(=O)c3ccc(Cl)cc3)cc2)cc1F. The smallest absolute Gasteiger partial charge is 0.193 e. The molecule has 3 nitrogen and oxygen atoms in total. The van der Waals surface area contributed by atoms with E-state index in [-0.39, 0.29) is 18.1 Å². The first-order chi connectivity index (χ1) is 12.6. The van der Waals surface area contributed by atoms with Crippen LogP contribution in [0.5, 0.6) is 11.5 Å². The van der Waals surface area contributed by atoms with Gasteiger partial charge >= 0.3 is 0 Å². The van der Waals surface area contributed by atoms with Crippen LogP contribution in [0.15, 0.2) is 66.7 Å². The molecule has 0 heterocycles. The van der Waals surface area contributed by atoms with Gasteiger partial charge in [0.25, 0.3) is 0 Å². The molecule has 0 saturated heterocycles. The minimum Gasteiger partial charge on any atom is -0.494 e. The summed E-state index contributed by atoms with van der Waals surface area (Å²) in [6.07, 6.45) is 0. The number of benzene rings is 3. The average Bonchev–Trinajstić information content (AvgIpc) is 2.67. The maximum atomic E-state index is 13.7. The van der Waals surface area contributed by atoms with Crippen LogP contribution in [0.25, 0.3) is 0 Å². The Kier molecular flexibility index (Phi) is 5.54. The van der Waals surface area contributed by atoms with Gasteiger partial charge in [-0.1, -0.05) is 17.7 Å². The van der Waals surface area contributed by atoms with E-state index in [4.69, 9.17) is 21.1 Å². The molecule has 3 aromatic rings. The number of ketones is 1. The molecule has 0 aliphatic heterocycles. The monoisotopic (exact) mass is 370 g/mol. The molecule has 0 aromatic heterocycles. The average molecular weight is 371 g/mol. The number of ether oxygens (including phenoxy) is 2. The van der Waals surface area contributed by atoms with Crippen LogP contribution in [-0.4, -0.2) is 12.9 Å². The molecule has 0 fully saturated rings. The lowest BCUT2D eigenvalue weighted by atomic mass is 10.0. The minimum absolute atomic E-state index is 0.0922. The van der Waals surface area contributed by atoms with Crippen molar-refractivity contribution in [3.8, 4) is 11.5 Å². The van der Waals surface area contributed by atoms with Gasteiger partial charge in [0, 0.05) is 16.1 Å². The Hall–Kier alpha value is -2.85. The number of halogens is 2. The highest BCUT2D eigenvalue weighted by Gasteiger charge is 2.09. The van der Waals surface area contributed by atoms with Crippen molar-refractivity contribution in [3.05, 3.63) is 94.3 Å². The number of hydrogen-bond acceptors (Lipinski definition) is 3. The topological polar surface area (TPSA) is 35.5 Å². The fourth-order valence-corrected chi connectivity index (χ4v) is 2.56. The van der Waals surface area contributed by atoms with E-state index in [0.29, 0.717) is 27.5 Å². The molecule has 0 aliphatic carbocycles. The Labute approximate surface area is 155 Å². The van der Waals surface area contributed by atoms with E-state index in [0.717, 1.165) is 0 Å².